The fourth-order valence-corrected chi connectivity index (χ4v) is 2.74. The van der Waals surface area contributed by atoms with Gasteiger partial charge in [-0.05, 0) is 35.0 Å². The molecule has 18 heavy (non-hydrogen) atoms. The van der Waals surface area contributed by atoms with Crippen LogP contribution in [-0.2, 0) is 10.0 Å². The van der Waals surface area contributed by atoms with Gasteiger partial charge < -0.3 is 10.8 Å². The Kier molecular flexibility index (Phi) is 3.51. The van der Waals surface area contributed by atoms with Gasteiger partial charge in [0.25, 0.3) is 0 Å². The van der Waals surface area contributed by atoms with Crippen molar-refractivity contribution in [1.82, 2.24) is 4.72 Å². The number of phenolic OH excluding ortho intramolecular Hbond substituents is 1. The van der Waals surface area contributed by atoms with E-state index in [0.717, 1.165) is 10.8 Å². The first-order valence-electron chi connectivity index (χ1n) is 5.45. The molecule has 4 N–H and O–H groups in total. The highest BCUT2D eigenvalue weighted by molar-refractivity contribution is 7.89. The Morgan fingerprint density at radius 3 is 2.50 bits per heavy atom. The van der Waals surface area contributed by atoms with Crippen LogP contribution in [0.25, 0.3) is 10.8 Å². The zero-order chi connectivity index (χ0) is 13.2. The lowest BCUT2D eigenvalue weighted by molar-refractivity contribution is 0.476. The lowest BCUT2D eigenvalue weighted by Crippen LogP contribution is -2.29. The standard InChI is InChI=1S/C12H14N2O3S/c13-5-6-14-18(16,17)12-4-2-9-7-11(15)3-1-10(9)8-12/h1-4,7-8,14-15H,5-6,13H2. The third-order valence-corrected chi connectivity index (χ3v) is 4.00. The minimum absolute atomic E-state index is 0.152. The van der Waals surface area contributed by atoms with Gasteiger partial charge in [0, 0.05) is 13.1 Å². The predicted octanol–water partition coefficient (Wildman–Crippen LogP) is 0.782. The van der Waals surface area contributed by atoms with Crippen LogP contribution >= 0.6 is 0 Å². The maximum atomic E-state index is 11.9. The first kappa shape index (κ1) is 12.8. The molecule has 0 atom stereocenters. The number of nitrogens with two attached hydrogens (primary N) is 1. The van der Waals surface area contributed by atoms with Gasteiger partial charge in [0.05, 0.1) is 4.90 Å². The van der Waals surface area contributed by atoms with Crippen molar-refractivity contribution in [2.75, 3.05) is 13.1 Å². The molecule has 0 amide bonds. The summed E-state index contributed by atoms with van der Waals surface area (Å²) in [5.41, 5.74) is 5.27. The summed E-state index contributed by atoms with van der Waals surface area (Å²) in [6.45, 7) is 0.455. The van der Waals surface area contributed by atoms with Crippen LogP contribution in [0.1, 0.15) is 0 Å². The Morgan fingerprint density at radius 2 is 1.78 bits per heavy atom. The molecule has 0 aromatic heterocycles. The van der Waals surface area contributed by atoms with Crippen molar-refractivity contribution in [2.45, 2.75) is 4.90 Å². The summed E-state index contributed by atoms with van der Waals surface area (Å²) in [7, 11) is -3.52. The first-order valence-corrected chi connectivity index (χ1v) is 6.94. The topological polar surface area (TPSA) is 92.4 Å². The van der Waals surface area contributed by atoms with Crippen molar-refractivity contribution in [3.8, 4) is 5.75 Å². The lowest BCUT2D eigenvalue weighted by atomic mass is 10.1. The number of nitrogens with one attached hydrogen (secondary N) is 1. The smallest absolute Gasteiger partial charge is 0.240 e. The number of hydrogen-bond acceptors (Lipinski definition) is 4. The average Bonchev–Trinajstić information content (AvgIpc) is 2.35. The molecule has 0 aliphatic carbocycles. The summed E-state index contributed by atoms with van der Waals surface area (Å²) in [5.74, 6) is 0.152. The van der Waals surface area contributed by atoms with Crippen LogP contribution in [-0.4, -0.2) is 26.6 Å². The van der Waals surface area contributed by atoms with E-state index in [1.54, 1.807) is 24.3 Å². The molecule has 96 valence electrons. The van der Waals surface area contributed by atoms with Crippen molar-refractivity contribution in [3.63, 3.8) is 0 Å². The van der Waals surface area contributed by atoms with E-state index in [1.165, 1.54) is 12.1 Å². The molecular weight excluding hydrogens is 252 g/mol. The molecule has 0 aliphatic rings. The van der Waals surface area contributed by atoms with E-state index in [9.17, 15) is 13.5 Å². The van der Waals surface area contributed by atoms with Gasteiger partial charge in [-0.2, -0.15) is 0 Å². The van der Waals surface area contributed by atoms with Gasteiger partial charge >= 0.3 is 0 Å². The van der Waals surface area contributed by atoms with Crippen molar-refractivity contribution in [3.05, 3.63) is 36.4 Å². The Labute approximate surface area is 105 Å². The molecule has 6 heteroatoms. The quantitative estimate of drug-likeness (QED) is 0.762. The molecule has 0 aliphatic heterocycles. The van der Waals surface area contributed by atoms with Gasteiger partial charge in [-0.15, -0.1) is 0 Å². The SMILES string of the molecule is NCCNS(=O)(=O)c1ccc2cc(O)ccc2c1. The third kappa shape index (κ3) is 2.61. The van der Waals surface area contributed by atoms with Crippen LogP contribution in [0.2, 0.25) is 0 Å². The number of fused-ring (bicyclic) bond motifs is 1. The fraction of sp³-hybridized carbons (Fsp3) is 0.167. The van der Waals surface area contributed by atoms with Crippen molar-refractivity contribution < 1.29 is 13.5 Å². The van der Waals surface area contributed by atoms with E-state index in [4.69, 9.17) is 5.73 Å². The molecule has 0 unspecified atom stereocenters. The number of aromatic hydroxyl groups is 1. The molecule has 0 bridgehead atoms. The van der Waals surface area contributed by atoms with Crippen LogP contribution in [0.4, 0.5) is 0 Å². The van der Waals surface area contributed by atoms with E-state index in [-0.39, 0.29) is 23.7 Å². The minimum Gasteiger partial charge on any atom is -0.508 e. The molecule has 0 saturated heterocycles. The summed E-state index contributed by atoms with van der Waals surface area (Å²) in [6, 6.07) is 9.50. The predicted molar refractivity (Wildman–Crippen MR) is 69.9 cm³/mol. The van der Waals surface area contributed by atoms with Crippen LogP contribution in [0.3, 0.4) is 0 Å². The Bertz CT molecular complexity index is 668. The van der Waals surface area contributed by atoms with Gasteiger partial charge in [-0.3, -0.25) is 0 Å². The maximum absolute atomic E-state index is 11.9. The fourth-order valence-electron chi connectivity index (χ4n) is 1.65. The Morgan fingerprint density at radius 1 is 1.11 bits per heavy atom. The molecule has 0 saturated carbocycles. The van der Waals surface area contributed by atoms with E-state index in [0.29, 0.717) is 0 Å². The monoisotopic (exact) mass is 266 g/mol. The number of hydrogen-bond donors (Lipinski definition) is 3. The highest BCUT2D eigenvalue weighted by Crippen LogP contribution is 2.22. The summed E-state index contributed by atoms with van der Waals surface area (Å²) in [4.78, 5) is 0.189. The largest absolute Gasteiger partial charge is 0.508 e. The van der Waals surface area contributed by atoms with Gasteiger partial charge in [0.2, 0.25) is 10.0 Å². The highest BCUT2D eigenvalue weighted by Gasteiger charge is 2.13. The van der Waals surface area contributed by atoms with Gasteiger partial charge in [-0.25, -0.2) is 13.1 Å². The summed E-state index contributed by atoms with van der Waals surface area (Å²) < 4.78 is 26.2. The molecule has 2 aromatic carbocycles. The maximum Gasteiger partial charge on any atom is 0.240 e. The second-order valence-electron chi connectivity index (χ2n) is 3.88. The molecule has 2 aromatic rings. The number of rotatable bonds is 4. The number of benzene rings is 2. The molecule has 0 fully saturated rings. The van der Waals surface area contributed by atoms with Gasteiger partial charge in [-0.1, -0.05) is 12.1 Å². The van der Waals surface area contributed by atoms with E-state index < -0.39 is 10.0 Å². The second-order valence-corrected chi connectivity index (χ2v) is 5.65. The first-order chi connectivity index (χ1) is 8.53. The van der Waals surface area contributed by atoms with Crippen LogP contribution in [0.5, 0.6) is 5.75 Å². The van der Waals surface area contributed by atoms with Crippen molar-refractivity contribution in [2.24, 2.45) is 5.73 Å². The van der Waals surface area contributed by atoms with Crippen molar-refractivity contribution in [1.29, 1.82) is 0 Å². The zero-order valence-electron chi connectivity index (χ0n) is 9.63. The molecule has 0 heterocycles. The van der Waals surface area contributed by atoms with E-state index >= 15 is 0 Å². The second kappa shape index (κ2) is 4.93. The molecule has 2 rings (SSSR count). The average molecular weight is 266 g/mol. The highest BCUT2D eigenvalue weighted by atomic mass is 32.2. The van der Waals surface area contributed by atoms with E-state index in [1.807, 2.05) is 0 Å². The Balaban J connectivity index is 2.44. The van der Waals surface area contributed by atoms with Crippen LogP contribution < -0.4 is 10.5 Å². The summed E-state index contributed by atoms with van der Waals surface area (Å²) >= 11 is 0. The molecule has 0 radical (unpaired) electrons. The number of phenols is 1. The van der Waals surface area contributed by atoms with Crippen LogP contribution in [0.15, 0.2) is 41.3 Å². The normalized spacial score (nSPS) is 11.8. The molecule has 5 nitrogen and oxygen atoms in total. The third-order valence-electron chi connectivity index (χ3n) is 2.54. The van der Waals surface area contributed by atoms with Gasteiger partial charge in [0.15, 0.2) is 0 Å². The van der Waals surface area contributed by atoms with Crippen LogP contribution in [0, 0.1) is 0 Å². The zero-order valence-corrected chi connectivity index (χ0v) is 10.4. The van der Waals surface area contributed by atoms with E-state index in [2.05, 4.69) is 4.72 Å². The summed E-state index contributed by atoms with van der Waals surface area (Å²) in [6.07, 6.45) is 0. The Hall–Kier alpha value is -1.63. The molecule has 0 spiro atoms. The molecular formula is C12H14N2O3S. The van der Waals surface area contributed by atoms with Gasteiger partial charge in [0.1, 0.15) is 5.75 Å². The van der Waals surface area contributed by atoms with Crippen molar-refractivity contribution >= 4 is 20.8 Å². The number of sulfonamides is 1. The minimum atomic E-state index is -3.52. The lowest BCUT2D eigenvalue weighted by Gasteiger charge is -2.07. The summed E-state index contributed by atoms with van der Waals surface area (Å²) in [5, 5.41) is 10.9.